The first kappa shape index (κ1) is 11.4. The third kappa shape index (κ3) is 3.18. The molecule has 0 bridgehead atoms. The molecular weight excluding hydrogens is 202 g/mol. The van der Waals surface area contributed by atoms with Crippen LogP contribution in [0.3, 0.4) is 0 Å². The summed E-state index contributed by atoms with van der Waals surface area (Å²) in [6, 6.07) is 3.88. The molecule has 16 heavy (non-hydrogen) atoms. The van der Waals surface area contributed by atoms with E-state index in [0.29, 0.717) is 18.5 Å². The molecule has 4 nitrogen and oxygen atoms in total. The number of ether oxygens (including phenoxy) is 1. The first-order valence-electron chi connectivity index (χ1n) is 5.91. The predicted molar refractivity (Wildman–Crippen MR) is 63.7 cm³/mol. The van der Waals surface area contributed by atoms with Crippen molar-refractivity contribution in [3.8, 4) is 0 Å². The van der Waals surface area contributed by atoms with E-state index in [0.717, 1.165) is 5.56 Å². The van der Waals surface area contributed by atoms with Gasteiger partial charge in [0.2, 0.25) is 0 Å². The lowest BCUT2D eigenvalue weighted by Gasteiger charge is -2.22. The number of hydrogen-bond acceptors (Lipinski definition) is 4. The van der Waals surface area contributed by atoms with Crippen LogP contribution in [0.1, 0.15) is 37.7 Å². The smallest absolute Gasteiger partial charge is 0.140 e. The van der Waals surface area contributed by atoms with Crippen LogP contribution in [0.2, 0.25) is 0 Å². The molecule has 1 aromatic rings. The molecular formula is C12H19N3O. The summed E-state index contributed by atoms with van der Waals surface area (Å²) in [5.41, 5.74) is 3.66. The van der Waals surface area contributed by atoms with Gasteiger partial charge < -0.3 is 10.2 Å². The highest BCUT2D eigenvalue weighted by Crippen LogP contribution is 2.21. The van der Waals surface area contributed by atoms with E-state index in [-0.39, 0.29) is 0 Å². The van der Waals surface area contributed by atoms with Gasteiger partial charge in [-0.1, -0.05) is 19.3 Å². The number of aromatic nitrogens is 1. The molecule has 0 amide bonds. The Morgan fingerprint density at radius 3 is 2.94 bits per heavy atom. The van der Waals surface area contributed by atoms with Crippen LogP contribution in [0.5, 0.6) is 0 Å². The lowest BCUT2D eigenvalue weighted by atomic mass is 9.98. The fourth-order valence-electron chi connectivity index (χ4n) is 2.09. The summed E-state index contributed by atoms with van der Waals surface area (Å²) < 4.78 is 5.87. The van der Waals surface area contributed by atoms with Gasteiger partial charge in [0, 0.05) is 6.20 Å². The van der Waals surface area contributed by atoms with Gasteiger partial charge in [-0.3, -0.25) is 0 Å². The number of nitrogens with one attached hydrogen (secondary N) is 1. The molecule has 0 radical (unpaired) electrons. The van der Waals surface area contributed by atoms with Crippen molar-refractivity contribution < 1.29 is 4.74 Å². The molecule has 88 valence electrons. The van der Waals surface area contributed by atoms with Gasteiger partial charge in [-0.15, -0.1) is 0 Å². The minimum absolute atomic E-state index is 0.441. The topological polar surface area (TPSA) is 60.2 Å². The van der Waals surface area contributed by atoms with E-state index in [1.807, 2.05) is 12.1 Å². The van der Waals surface area contributed by atoms with Crippen molar-refractivity contribution in [2.45, 2.75) is 44.8 Å². The second-order valence-corrected chi connectivity index (χ2v) is 4.26. The second kappa shape index (κ2) is 5.82. The zero-order valence-electron chi connectivity index (χ0n) is 9.48. The van der Waals surface area contributed by atoms with Crippen molar-refractivity contribution in [3.63, 3.8) is 0 Å². The summed E-state index contributed by atoms with van der Waals surface area (Å²) >= 11 is 0. The van der Waals surface area contributed by atoms with E-state index < -0.39 is 0 Å². The summed E-state index contributed by atoms with van der Waals surface area (Å²) in [7, 11) is 0. The first-order chi connectivity index (χ1) is 7.88. The van der Waals surface area contributed by atoms with Crippen LogP contribution in [-0.2, 0) is 11.3 Å². The standard InChI is InChI=1S/C12H19N3O/c13-15-12-8-10(6-7-14-12)9-16-11-4-2-1-3-5-11/h6-8,11H,1-5,9,13H2,(H,14,15). The molecule has 1 aliphatic carbocycles. The van der Waals surface area contributed by atoms with Gasteiger partial charge in [-0.05, 0) is 30.5 Å². The monoisotopic (exact) mass is 221 g/mol. The number of nitrogens with two attached hydrogens (primary N) is 1. The van der Waals surface area contributed by atoms with E-state index >= 15 is 0 Å². The normalized spacial score (nSPS) is 17.3. The average Bonchev–Trinajstić information content (AvgIpc) is 2.38. The molecule has 1 saturated carbocycles. The van der Waals surface area contributed by atoms with Gasteiger partial charge >= 0.3 is 0 Å². The molecule has 0 spiro atoms. The molecule has 4 heteroatoms. The summed E-state index contributed by atoms with van der Waals surface area (Å²) in [5.74, 6) is 5.99. The van der Waals surface area contributed by atoms with Crippen molar-refractivity contribution in [2.75, 3.05) is 5.43 Å². The summed E-state index contributed by atoms with van der Waals surface area (Å²) in [6.45, 7) is 0.655. The SMILES string of the molecule is NNc1cc(COC2CCCCC2)ccn1. The Bertz CT molecular complexity index is 324. The zero-order chi connectivity index (χ0) is 11.2. The van der Waals surface area contributed by atoms with E-state index in [2.05, 4.69) is 10.4 Å². The van der Waals surface area contributed by atoms with Crippen LogP contribution in [0, 0.1) is 0 Å². The molecule has 0 aliphatic heterocycles. The maximum Gasteiger partial charge on any atom is 0.140 e. The van der Waals surface area contributed by atoms with Crippen molar-refractivity contribution in [3.05, 3.63) is 23.9 Å². The minimum atomic E-state index is 0.441. The van der Waals surface area contributed by atoms with Crippen molar-refractivity contribution in [1.29, 1.82) is 0 Å². The van der Waals surface area contributed by atoms with Gasteiger partial charge in [0.05, 0.1) is 12.7 Å². The van der Waals surface area contributed by atoms with E-state index in [9.17, 15) is 0 Å². The number of anilines is 1. The molecule has 2 rings (SSSR count). The molecule has 0 aromatic carbocycles. The highest BCUT2D eigenvalue weighted by atomic mass is 16.5. The third-order valence-electron chi connectivity index (χ3n) is 3.01. The number of hydrazine groups is 1. The Morgan fingerprint density at radius 1 is 1.38 bits per heavy atom. The largest absolute Gasteiger partial charge is 0.374 e. The number of hydrogen-bond donors (Lipinski definition) is 2. The minimum Gasteiger partial charge on any atom is -0.374 e. The highest BCUT2D eigenvalue weighted by Gasteiger charge is 2.13. The highest BCUT2D eigenvalue weighted by molar-refractivity contribution is 5.35. The quantitative estimate of drug-likeness (QED) is 0.604. The van der Waals surface area contributed by atoms with E-state index in [4.69, 9.17) is 10.6 Å². The number of rotatable bonds is 4. The van der Waals surface area contributed by atoms with E-state index in [1.54, 1.807) is 6.20 Å². The molecule has 0 saturated heterocycles. The molecule has 0 unspecified atom stereocenters. The molecule has 1 heterocycles. The zero-order valence-corrected chi connectivity index (χ0v) is 9.48. The molecule has 1 fully saturated rings. The van der Waals surface area contributed by atoms with Crippen molar-refractivity contribution in [1.82, 2.24) is 4.98 Å². The fraction of sp³-hybridized carbons (Fsp3) is 0.583. The summed E-state index contributed by atoms with van der Waals surface area (Å²) in [6.07, 6.45) is 8.55. The number of pyridine rings is 1. The Morgan fingerprint density at radius 2 is 2.19 bits per heavy atom. The van der Waals surface area contributed by atoms with Gasteiger partial charge in [-0.25, -0.2) is 10.8 Å². The van der Waals surface area contributed by atoms with Gasteiger partial charge in [-0.2, -0.15) is 0 Å². The predicted octanol–water partition coefficient (Wildman–Crippen LogP) is 2.22. The molecule has 1 aromatic heterocycles. The lowest BCUT2D eigenvalue weighted by molar-refractivity contribution is 0.0168. The Kier molecular flexibility index (Phi) is 4.13. The van der Waals surface area contributed by atoms with Crippen LogP contribution < -0.4 is 11.3 Å². The number of nitrogen functional groups attached to an aromatic ring is 1. The van der Waals surface area contributed by atoms with Crippen LogP contribution in [-0.4, -0.2) is 11.1 Å². The molecule has 1 aliphatic rings. The maximum absolute atomic E-state index is 5.87. The molecule has 3 N–H and O–H groups in total. The Hall–Kier alpha value is -1.13. The lowest BCUT2D eigenvalue weighted by Crippen LogP contribution is -2.16. The van der Waals surface area contributed by atoms with Crippen LogP contribution in [0.4, 0.5) is 5.82 Å². The first-order valence-corrected chi connectivity index (χ1v) is 5.91. The van der Waals surface area contributed by atoms with Crippen LogP contribution in [0.15, 0.2) is 18.3 Å². The summed E-state index contributed by atoms with van der Waals surface area (Å²) in [5, 5.41) is 0. The van der Waals surface area contributed by atoms with Crippen LogP contribution in [0.25, 0.3) is 0 Å². The Labute approximate surface area is 96.2 Å². The average molecular weight is 221 g/mol. The second-order valence-electron chi connectivity index (χ2n) is 4.26. The summed E-state index contributed by atoms with van der Waals surface area (Å²) in [4.78, 5) is 4.06. The van der Waals surface area contributed by atoms with Gasteiger partial charge in [0.1, 0.15) is 5.82 Å². The maximum atomic E-state index is 5.87. The van der Waals surface area contributed by atoms with Crippen LogP contribution >= 0.6 is 0 Å². The van der Waals surface area contributed by atoms with Crippen molar-refractivity contribution in [2.24, 2.45) is 5.84 Å². The van der Waals surface area contributed by atoms with Gasteiger partial charge in [0.25, 0.3) is 0 Å². The third-order valence-corrected chi connectivity index (χ3v) is 3.01. The molecule has 0 atom stereocenters. The van der Waals surface area contributed by atoms with Crippen molar-refractivity contribution >= 4 is 5.82 Å². The Balaban J connectivity index is 1.83. The van der Waals surface area contributed by atoms with E-state index in [1.165, 1.54) is 32.1 Å². The fourth-order valence-corrected chi connectivity index (χ4v) is 2.09. The van der Waals surface area contributed by atoms with Gasteiger partial charge in [0.15, 0.2) is 0 Å². The number of nitrogens with zero attached hydrogens (tertiary/aromatic N) is 1.